The molecule has 1 saturated heterocycles. The third-order valence-corrected chi connectivity index (χ3v) is 10.8. The zero-order valence-electron chi connectivity index (χ0n) is 23.7. The van der Waals surface area contributed by atoms with Gasteiger partial charge in [-0.2, -0.15) is 0 Å². The fourth-order valence-electron chi connectivity index (χ4n) is 7.41. The molecule has 0 spiro atoms. The topological polar surface area (TPSA) is 118 Å². The molecular weight excluding hydrogens is 539 g/mol. The van der Waals surface area contributed by atoms with E-state index in [0.29, 0.717) is 18.8 Å². The normalized spacial score (nSPS) is 29.2. The molecule has 0 aromatic rings. The second kappa shape index (κ2) is 12.0. The van der Waals surface area contributed by atoms with Crippen LogP contribution in [0.5, 0.6) is 0 Å². The van der Waals surface area contributed by atoms with E-state index in [1.54, 1.807) is 4.90 Å². The van der Waals surface area contributed by atoms with Crippen LogP contribution in [0.1, 0.15) is 97.8 Å². The number of hydrogen-bond acceptors (Lipinski definition) is 5. The van der Waals surface area contributed by atoms with Crippen LogP contribution in [-0.4, -0.2) is 56.4 Å². The number of aliphatic hydroxyl groups is 1. The van der Waals surface area contributed by atoms with Gasteiger partial charge in [-0.1, -0.05) is 59.3 Å². The molecule has 2 amide bonds. The van der Waals surface area contributed by atoms with E-state index in [1.807, 2.05) is 20.8 Å². The molecule has 3 saturated carbocycles. The average molecular weight is 586 g/mol. The molecule has 39 heavy (non-hydrogen) atoms. The number of carbonyl (C=O) groups is 4. The van der Waals surface area contributed by atoms with Crippen molar-refractivity contribution < 1.29 is 24.3 Å². The number of aliphatic hydroxyl groups excluding tert-OH is 1. The molecular formula is C30H46Cl2N2O5. The van der Waals surface area contributed by atoms with E-state index >= 15 is 0 Å². The number of amides is 2. The van der Waals surface area contributed by atoms with Crippen molar-refractivity contribution >= 4 is 46.6 Å². The molecule has 3 aliphatic carbocycles. The first kappa shape index (κ1) is 30.8. The minimum atomic E-state index is -1.42. The first-order chi connectivity index (χ1) is 18.2. The molecule has 1 aliphatic heterocycles. The smallest absolute Gasteiger partial charge is 0.246 e. The molecule has 220 valence electrons. The minimum absolute atomic E-state index is 0.0564. The number of primary amides is 1. The van der Waals surface area contributed by atoms with Crippen molar-refractivity contribution in [2.75, 3.05) is 6.54 Å². The van der Waals surface area contributed by atoms with E-state index in [4.69, 9.17) is 28.9 Å². The summed E-state index contributed by atoms with van der Waals surface area (Å²) >= 11 is 13.1. The molecule has 3 N–H and O–H groups in total. The summed E-state index contributed by atoms with van der Waals surface area (Å²) in [5, 5.41) is 10.6. The molecule has 9 heteroatoms. The summed E-state index contributed by atoms with van der Waals surface area (Å²) in [5.41, 5.74) is 5.26. The van der Waals surface area contributed by atoms with Crippen LogP contribution < -0.4 is 5.73 Å². The lowest BCUT2D eigenvalue weighted by atomic mass is 9.75. The number of ketones is 2. The van der Waals surface area contributed by atoms with Crippen molar-refractivity contribution in [2.45, 2.75) is 114 Å². The van der Waals surface area contributed by atoms with Gasteiger partial charge in [-0.25, -0.2) is 0 Å². The molecule has 0 aromatic carbocycles. The molecule has 4 aliphatic rings. The zero-order chi connectivity index (χ0) is 28.7. The minimum Gasteiger partial charge on any atom is -0.383 e. The number of likely N-dealkylation sites (tertiary alicyclic amines) is 1. The fourth-order valence-corrected chi connectivity index (χ4v) is 8.24. The average Bonchev–Trinajstić information content (AvgIpc) is 3.15. The third-order valence-electron chi connectivity index (χ3n) is 9.72. The Balaban J connectivity index is 1.55. The van der Waals surface area contributed by atoms with Gasteiger partial charge >= 0.3 is 0 Å². The number of alkyl halides is 2. The fraction of sp³-hybridized carbons (Fsp3) is 0.867. The Morgan fingerprint density at radius 2 is 1.64 bits per heavy atom. The summed E-state index contributed by atoms with van der Waals surface area (Å²) in [4.78, 5) is 54.7. The molecule has 6 atom stereocenters. The van der Waals surface area contributed by atoms with Crippen LogP contribution >= 0.6 is 23.2 Å². The summed E-state index contributed by atoms with van der Waals surface area (Å²) < 4.78 is -1.08. The number of rotatable bonds is 12. The highest BCUT2D eigenvalue weighted by molar-refractivity contribution is 6.51. The van der Waals surface area contributed by atoms with Crippen LogP contribution in [0, 0.1) is 40.9 Å². The molecule has 2 unspecified atom stereocenters. The number of Topliss-reactive ketones (excluding diaryl/α,β-unsaturated/α-hetero) is 2. The largest absolute Gasteiger partial charge is 0.383 e. The highest BCUT2D eigenvalue weighted by Gasteiger charge is 2.73. The lowest BCUT2D eigenvalue weighted by Gasteiger charge is -2.37. The Kier molecular flexibility index (Phi) is 9.45. The van der Waals surface area contributed by atoms with E-state index in [2.05, 4.69) is 0 Å². The molecule has 0 bridgehead atoms. The summed E-state index contributed by atoms with van der Waals surface area (Å²) in [6, 6.07) is -0.815. The lowest BCUT2D eigenvalue weighted by molar-refractivity contribution is -0.146. The number of halogens is 2. The Morgan fingerprint density at radius 3 is 2.18 bits per heavy atom. The van der Waals surface area contributed by atoms with Gasteiger partial charge in [0.1, 0.15) is 16.2 Å². The lowest BCUT2D eigenvalue weighted by Crippen LogP contribution is -2.50. The van der Waals surface area contributed by atoms with Gasteiger partial charge in [0.25, 0.3) is 0 Å². The Labute approximate surface area is 242 Å². The zero-order valence-corrected chi connectivity index (χ0v) is 25.2. The van der Waals surface area contributed by atoms with E-state index in [9.17, 15) is 24.3 Å². The SMILES string of the molecule is CC(C)(C)CC(=O)C[C@H](C(=O)N1C[C@H]2[C@@H]([C@H]1C(=O)CC(CC1CCC1)C(O)C(N)=O)C2(Cl)Cl)C1CCCCC1. The van der Waals surface area contributed by atoms with Crippen LogP contribution in [-0.2, 0) is 19.2 Å². The van der Waals surface area contributed by atoms with Gasteiger partial charge in [0.05, 0.1) is 6.04 Å². The summed E-state index contributed by atoms with van der Waals surface area (Å²) in [6.45, 7) is 6.35. The standard InChI is InChI=1S/C30H46Cl2N2O5/c1-29(2,3)15-20(35)14-21(18-10-5-4-6-11-18)28(39)34-16-22-24(30(22,31)32)25(34)23(36)13-19(26(37)27(33)38)12-17-8-7-9-17/h17-19,21-22,24-26,37H,4-16H2,1-3H3,(H2,33,38)/t19?,21-,22-,24-,25+,26?/m0/s1. The summed E-state index contributed by atoms with van der Waals surface area (Å²) in [5.74, 6) is -2.32. The van der Waals surface area contributed by atoms with Crippen molar-refractivity contribution in [1.82, 2.24) is 4.90 Å². The Hall–Kier alpha value is -1.18. The quantitative estimate of drug-likeness (QED) is 0.319. The highest BCUT2D eigenvalue weighted by Crippen LogP contribution is 2.66. The van der Waals surface area contributed by atoms with Crippen LogP contribution in [0.3, 0.4) is 0 Å². The number of nitrogens with zero attached hydrogens (tertiary/aromatic N) is 1. The van der Waals surface area contributed by atoms with Crippen molar-refractivity contribution in [3.05, 3.63) is 0 Å². The van der Waals surface area contributed by atoms with Crippen molar-refractivity contribution in [3.8, 4) is 0 Å². The van der Waals surface area contributed by atoms with E-state index in [-0.39, 0.29) is 60.0 Å². The molecule has 4 fully saturated rings. The van der Waals surface area contributed by atoms with Crippen LogP contribution in [0.15, 0.2) is 0 Å². The van der Waals surface area contributed by atoms with E-state index < -0.39 is 34.2 Å². The Bertz CT molecular complexity index is 953. The number of carbonyl (C=O) groups excluding carboxylic acids is 4. The van der Waals surface area contributed by atoms with Crippen molar-refractivity contribution in [1.29, 1.82) is 0 Å². The second-order valence-corrected chi connectivity index (χ2v) is 15.5. The van der Waals surface area contributed by atoms with Crippen molar-refractivity contribution in [3.63, 3.8) is 0 Å². The second-order valence-electron chi connectivity index (χ2n) is 14.0. The number of fused-ring (bicyclic) bond motifs is 1. The molecule has 1 heterocycles. The van der Waals surface area contributed by atoms with Gasteiger partial charge < -0.3 is 15.7 Å². The molecule has 0 radical (unpaired) electrons. The van der Waals surface area contributed by atoms with Crippen LogP contribution in [0.25, 0.3) is 0 Å². The first-order valence-corrected chi connectivity index (χ1v) is 15.7. The first-order valence-electron chi connectivity index (χ1n) is 14.9. The van der Waals surface area contributed by atoms with Crippen LogP contribution in [0.4, 0.5) is 0 Å². The molecule has 0 aromatic heterocycles. The Morgan fingerprint density at radius 1 is 1.00 bits per heavy atom. The number of piperidine rings is 1. The van der Waals surface area contributed by atoms with Gasteiger partial charge in [-0.15, -0.1) is 23.2 Å². The number of hydrogen-bond donors (Lipinski definition) is 2. The van der Waals surface area contributed by atoms with Gasteiger partial charge in [0, 0.05) is 49.5 Å². The summed E-state index contributed by atoms with van der Waals surface area (Å²) in [7, 11) is 0. The predicted octanol–water partition coefficient (Wildman–Crippen LogP) is 4.82. The predicted molar refractivity (Wildman–Crippen MR) is 151 cm³/mol. The van der Waals surface area contributed by atoms with E-state index in [1.165, 1.54) is 0 Å². The monoisotopic (exact) mass is 584 g/mol. The van der Waals surface area contributed by atoms with Gasteiger partial charge in [-0.3, -0.25) is 19.2 Å². The summed E-state index contributed by atoms with van der Waals surface area (Å²) in [6.07, 6.45) is 7.79. The van der Waals surface area contributed by atoms with Crippen molar-refractivity contribution in [2.24, 2.45) is 46.7 Å². The highest BCUT2D eigenvalue weighted by atomic mass is 35.5. The van der Waals surface area contributed by atoms with Gasteiger partial charge in [-0.05, 0) is 36.5 Å². The van der Waals surface area contributed by atoms with Gasteiger partial charge in [0.2, 0.25) is 11.8 Å². The third kappa shape index (κ3) is 7.01. The number of nitrogens with two attached hydrogens (primary N) is 1. The maximum atomic E-state index is 14.2. The van der Waals surface area contributed by atoms with Crippen LogP contribution in [0.2, 0.25) is 0 Å². The maximum absolute atomic E-state index is 14.2. The molecule has 7 nitrogen and oxygen atoms in total. The maximum Gasteiger partial charge on any atom is 0.246 e. The van der Waals surface area contributed by atoms with E-state index in [0.717, 1.165) is 51.4 Å². The van der Waals surface area contributed by atoms with Gasteiger partial charge in [0.15, 0.2) is 5.78 Å². The molecule has 4 rings (SSSR count).